The zero-order valence-corrected chi connectivity index (χ0v) is 9.47. The van der Waals surface area contributed by atoms with E-state index >= 15 is 0 Å². The molecule has 0 amide bonds. The number of aryl methyl sites for hydroxylation is 1. The second-order valence-corrected chi connectivity index (χ2v) is 3.37. The van der Waals surface area contributed by atoms with Crippen molar-refractivity contribution in [3.05, 3.63) is 11.9 Å². The standard InChI is InChI=1S/C10H15N3O3/c1-3-16-10(15)5-4-9(14)6-8-7-11-12-13(8)2/h7H,3-6H2,1-2H3. The fraction of sp³-hybridized carbons (Fsp3) is 0.600. The Morgan fingerprint density at radius 1 is 1.44 bits per heavy atom. The van der Waals surface area contributed by atoms with E-state index in [1.54, 1.807) is 24.9 Å². The van der Waals surface area contributed by atoms with Crippen molar-refractivity contribution in [3.8, 4) is 0 Å². The summed E-state index contributed by atoms with van der Waals surface area (Å²) >= 11 is 0. The molecule has 0 spiro atoms. The van der Waals surface area contributed by atoms with Crippen LogP contribution < -0.4 is 0 Å². The number of aromatic nitrogens is 3. The van der Waals surface area contributed by atoms with Gasteiger partial charge in [0.1, 0.15) is 5.78 Å². The van der Waals surface area contributed by atoms with E-state index in [2.05, 4.69) is 10.3 Å². The first-order valence-corrected chi connectivity index (χ1v) is 5.14. The quantitative estimate of drug-likeness (QED) is 0.650. The highest BCUT2D eigenvalue weighted by atomic mass is 16.5. The third kappa shape index (κ3) is 3.80. The summed E-state index contributed by atoms with van der Waals surface area (Å²) in [5.41, 5.74) is 0.744. The number of Topliss-reactive ketones (excluding diaryl/α,β-unsaturated/α-hetero) is 1. The zero-order chi connectivity index (χ0) is 12.0. The molecule has 88 valence electrons. The lowest BCUT2D eigenvalue weighted by molar-refractivity contribution is -0.144. The zero-order valence-electron chi connectivity index (χ0n) is 9.47. The molecule has 1 rings (SSSR count). The Morgan fingerprint density at radius 3 is 2.75 bits per heavy atom. The number of carbonyl (C=O) groups excluding carboxylic acids is 2. The summed E-state index contributed by atoms with van der Waals surface area (Å²) in [5.74, 6) is -0.350. The van der Waals surface area contributed by atoms with E-state index in [4.69, 9.17) is 4.74 Å². The summed E-state index contributed by atoms with van der Waals surface area (Å²) in [4.78, 5) is 22.5. The van der Waals surface area contributed by atoms with E-state index in [1.807, 2.05) is 0 Å². The maximum atomic E-state index is 11.5. The van der Waals surface area contributed by atoms with Gasteiger partial charge in [-0.2, -0.15) is 0 Å². The van der Waals surface area contributed by atoms with Gasteiger partial charge in [-0.25, -0.2) is 0 Å². The summed E-state index contributed by atoms with van der Waals surface area (Å²) in [7, 11) is 1.72. The molecule has 6 nitrogen and oxygen atoms in total. The molecule has 1 aromatic rings. The van der Waals surface area contributed by atoms with Crippen LogP contribution in [0.15, 0.2) is 6.20 Å². The molecule has 0 saturated heterocycles. The second kappa shape index (κ2) is 5.99. The van der Waals surface area contributed by atoms with Gasteiger partial charge in [0.25, 0.3) is 0 Å². The molecule has 0 aliphatic rings. The van der Waals surface area contributed by atoms with Crippen molar-refractivity contribution >= 4 is 11.8 Å². The van der Waals surface area contributed by atoms with Crippen molar-refractivity contribution in [2.45, 2.75) is 26.2 Å². The van der Waals surface area contributed by atoms with Gasteiger partial charge in [-0.3, -0.25) is 14.3 Å². The average molecular weight is 225 g/mol. The van der Waals surface area contributed by atoms with Gasteiger partial charge in [-0.05, 0) is 6.92 Å². The minimum atomic E-state index is -0.334. The first-order chi connectivity index (χ1) is 7.63. The first-order valence-electron chi connectivity index (χ1n) is 5.14. The molecule has 0 aromatic carbocycles. The van der Waals surface area contributed by atoms with Gasteiger partial charge >= 0.3 is 5.97 Å². The third-order valence-corrected chi connectivity index (χ3v) is 2.10. The van der Waals surface area contributed by atoms with Crippen LogP contribution in [0.5, 0.6) is 0 Å². The van der Waals surface area contributed by atoms with Crippen LogP contribution in [0.25, 0.3) is 0 Å². The van der Waals surface area contributed by atoms with Crippen molar-refractivity contribution in [1.82, 2.24) is 15.0 Å². The van der Waals surface area contributed by atoms with Crippen molar-refractivity contribution in [2.24, 2.45) is 7.05 Å². The number of ether oxygens (including phenoxy) is 1. The van der Waals surface area contributed by atoms with Gasteiger partial charge in [-0.15, -0.1) is 5.10 Å². The highest BCUT2D eigenvalue weighted by Crippen LogP contribution is 2.01. The van der Waals surface area contributed by atoms with Crippen LogP contribution in [-0.4, -0.2) is 33.4 Å². The minimum absolute atomic E-state index is 0.0153. The number of hydrogen-bond acceptors (Lipinski definition) is 5. The van der Waals surface area contributed by atoms with Gasteiger partial charge in [-0.1, -0.05) is 5.21 Å². The fourth-order valence-corrected chi connectivity index (χ4v) is 1.24. The van der Waals surface area contributed by atoms with Crippen LogP contribution in [0.1, 0.15) is 25.5 Å². The molecule has 0 N–H and O–H groups in total. The molecule has 0 saturated carbocycles. The predicted molar refractivity (Wildman–Crippen MR) is 55.6 cm³/mol. The molecule has 0 aliphatic heterocycles. The van der Waals surface area contributed by atoms with E-state index in [1.165, 1.54) is 0 Å². The topological polar surface area (TPSA) is 74.1 Å². The Hall–Kier alpha value is -1.72. The summed E-state index contributed by atoms with van der Waals surface area (Å²) in [6.07, 6.45) is 2.13. The maximum absolute atomic E-state index is 11.5. The van der Waals surface area contributed by atoms with E-state index < -0.39 is 0 Å². The van der Waals surface area contributed by atoms with Crippen LogP contribution in [0.3, 0.4) is 0 Å². The monoisotopic (exact) mass is 225 g/mol. The van der Waals surface area contributed by atoms with Crippen LogP contribution in [-0.2, 0) is 27.8 Å². The molecular formula is C10H15N3O3. The largest absolute Gasteiger partial charge is 0.466 e. The molecule has 1 aromatic heterocycles. The smallest absolute Gasteiger partial charge is 0.306 e. The summed E-state index contributed by atoms with van der Waals surface area (Å²) in [6.45, 7) is 2.08. The van der Waals surface area contributed by atoms with Gasteiger partial charge < -0.3 is 4.74 Å². The van der Waals surface area contributed by atoms with Crippen molar-refractivity contribution < 1.29 is 14.3 Å². The summed E-state index contributed by atoms with van der Waals surface area (Å²) in [5, 5.41) is 7.39. The van der Waals surface area contributed by atoms with Crippen LogP contribution >= 0.6 is 0 Å². The Morgan fingerprint density at radius 2 is 2.19 bits per heavy atom. The van der Waals surface area contributed by atoms with Crippen molar-refractivity contribution in [1.29, 1.82) is 0 Å². The van der Waals surface area contributed by atoms with Crippen molar-refractivity contribution in [3.63, 3.8) is 0 Å². The number of ketones is 1. The van der Waals surface area contributed by atoms with Gasteiger partial charge in [0.15, 0.2) is 0 Å². The molecule has 16 heavy (non-hydrogen) atoms. The van der Waals surface area contributed by atoms with E-state index in [0.717, 1.165) is 5.69 Å². The number of nitrogens with zero attached hydrogens (tertiary/aromatic N) is 3. The molecule has 0 fully saturated rings. The predicted octanol–water partition coefficient (Wildman–Crippen LogP) is 0.270. The summed E-state index contributed by atoms with van der Waals surface area (Å²) < 4.78 is 6.27. The average Bonchev–Trinajstić information content (AvgIpc) is 2.62. The lowest BCUT2D eigenvalue weighted by atomic mass is 10.1. The van der Waals surface area contributed by atoms with E-state index in [9.17, 15) is 9.59 Å². The Balaban J connectivity index is 2.32. The molecule has 0 atom stereocenters. The molecule has 0 unspecified atom stereocenters. The third-order valence-electron chi connectivity index (χ3n) is 2.10. The fourth-order valence-electron chi connectivity index (χ4n) is 1.24. The normalized spacial score (nSPS) is 10.1. The Kier molecular flexibility index (Phi) is 4.63. The number of rotatable bonds is 6. The maximum Gasteiger partial charge on any atom is 0.306 e. The van der Waals surface area contributed by atoms with Gasteiger partial charge in [0.2, 0.25) is 0 Å². The first kappa shape index (κ1) is 12.4. The molecule has 1 heterocycles. The number of carbonyl (C=O) groups is 2. The molecule has 6 heteroatoms. The minimum Gasteiger partial charge on any atom is -0.466 e. The molecule has 0 radical (unpaired) electrons. The Bertz CT molecular complexity index is 373. The lowest BCUT2D eigenvalue weighted by Gasteiger charge is -2.01. The number of hydrogen-bond donors (Lipinski definition) is 0. The van der Waals surface area contributed by atoms with Crippen LogP contribution in [0, 0.1) is 0 Å². The van der Waals surface area contributed by atoms with Gasteiger partial charge in [0, 0.05) is 19.9 Å². The van der Waals surface area contributed by atoms with E-state index in [-0.39, 0.29) is 31.0 Å². The van der Waals surface area contributed by atoms with Gasteiger partial charge in [0.05, 0.1) is 24.9 Å². The number of esters is 1. The second-order valence-electron chi connectivity index (χ2n) is 3.37. The molecule has 0 aliphatic carbocycles. The van der Waals surface area contributed by atoms with Crippen LogP contribution in [0.4, 0.5) is 0 Å². The van der Waals surface area contributed by atoms with Crippen molar-refractivity contribution in [2.75, 3.05) is 6.61 Å². The molecule has 0 bridgehead atoms. The molecular weight excluding hydrogens is 210 g/mol. The lowest BCUT2D eigenvalue weighted by Crippen LogP contribution is -2.11. The Labute approximate surface area is 93.6 Å². The van der Waals surface area contributed by atoms with E-state index in [0.29, 0.717) is 6.61 Å². The SMILES string of the molecule is CCOC(=O)CCC(=O)Cc1cnnn1C. The highest BCUT2D eigenvalue weighted by Gasteiger charge is 2.10. The summed E-state index contributed by atoms with van der Waals surface area (Å²) in [6, 6.07) is 0. The highest BCUT2D eigenvalue weighted by molar-refractivity contribution is 5.84. The van der Waals surface area contributed by atoms with Crippen LogP contribution in [0.2, 0.25) is 0 Å².